The number of nitrogens with one attached hydrogen (secondary N) is 2. The second-order valence-corrected chi connectivity index (χ2v) is 6.98. The number of amides is 2. The van der Waals surface area contributed by atoms with E-state index in [-0.39, 0.29) is 30.4 Å². The van der Waals surface area contributed by atoms with Crippen molar-refractivity contribution in [2.45, 2.75) is 38.9 Å². The summed E-state index contributed by atoms with van der Waals surface area (Å²) in [6.45, 7) is 4.29. The molecule has 3 N–H and O–H groups in total. The average Bonchev–Trinajstić information content (AvgIpc) is 2.61. The van der Waals surface area contributed by atoms with E-state index >= 15 is 0 Å². The Morgan fingerprint density at radius 3 is 2.36 bits per heavy atom. The van der Waals surface area contributed by atoms with Crippen LogP contribution < -0.4 is 15.5 Å². The number of anilines is 1. The van der Waals surface area contributed by atoms with Crippen LogP contribution in [0.4, 0.5) is 10.5 Å². The van der Waals surface area contributed by atoms with Gasteiger partial charge in [0.1, 0.15) is 0 Å². The normalized spacial score (nSPS) is 18.0. The summed E-state index contributed by atoms with van der Waals surface area (Å²) in [4.78, 5) is 25.1. The molecule has 2 unspecified atom stereocenters. The molecule has 28 heavy (non-hydrogen) atoms. The van der Waals surface area contributed by atoms with Crippen LogP contribution in [0.5, 0.6) is 0 Å². The molecule has 2 atom stereocenters. The molecule has 1 aliphatic rings. The number of carbonyl (C=O) groups is 2. The molecule has 0 saturated carbocycles. The lowest BCUT2D eigenvalue weighted by molar-refractivity contribution is -0.117. The van der Waals surface area contributed by atoms with E-state index < -0.39 is 6.09 Å². The fourth-order valence-corrected chi connectivity index (χ4v) is 3.83. The van der Waals surface area contributed by atoms with Gasteiger partial charge in [-0.3, -0.25) is 4.79 Å². The first-order valence-corrected chi connectivity index (χ1v) is 9.07. The third-order valence-corrected chi connectivity index (χ3v) is 4.99. The van der Waals surface area contributed by atoms with Crippen molar-refractivity contribution in [1.82, 2.24) is 10.6 Å². The minimum absolute atomic E-state index is 0. The smallest absolute Gasteiger partial charge is 0.405 e. The number of halogens is 1. The second kappa shape index (κ2) is 9.08. The number of hydrogen-bond acceptors (Lipinski definition) is 3. The van der Waals surface area contributed by atoms with Crippen molar-refractivity contribution in [2.75, 3.05) is 11.9 Å². The summed E-state index contributed by atoms with van der Waals surface area (Å²) in [7, 11) is 1.91. The molecule has 150 valence electrons. The highest BCUT2D eigenvalue weighted by molar-refractivity contribution is 5.94. The molecule has 3 rings (SSSR count). The van der Waals surface area contributed by atoms with Crippen molar-refractivity contribution in [3.05, 3.63) is 53.6 Å². The Labute approximate surface area is 171 Å². The molecule has 0 fully saturated rings. The molecule has 1 heterocycles. The molecule has 6 nitrogen and oxygen atoms in total. The maximum Gasteiger partial charge on any atom is 0.405 e. The Morgan fingerprint density at radius 2 is 1.79 bits per heavy atom. The molecule has 0 radical (unpaired) electrons. The largest absolute Gasteiger partial charge is 0.465 e. The zero-order valence-electron chi connectivity index (χ0n) is 16.2. The highest BCUT2D eigenvalue weighted by Crippen LogP contribution is 2.39. The van der Waals surface area contributed by atoms with Crippen molar-refractivity contribution < 1.29 is 14.7 Å². The summed E-state index contributed by atoms with van der Waals surface area (Å²) in [6.07, 6.45) is -0.514. The highest BCUT2D eigenvalue weighted by atomic mass is 35.5. The zero-order chi connectivity index (χ0) is 19.6. The van der Waals surface area contributed by atoms with Gasteiger partial charge >= 0.3 is 6.09 Å². The lowest BCUT2D eigenvalue weighted by Gasteiger charge is -2.39. The molecule has 7 heteroatoms. The fourth-order valence-electron chi connectivity index (χ4n) is 3.83. The van der Waals surface area contributed by atoms with Gasteiger partial charge in [-0.15, -0.1) is 12.4 Å². The molecule has 1 aliphatic heterocycles. The molecule has 0 aromatic heterocycles. The van der Waals surface area contributed by atoms with Crippen LogP contribution in [-0.4, -0.2) is 30.2 Å². The van der Waals surface area contributed by atoms with E-state index in [9.17, 15) is 14.7 Å². The number of nitrogens with zero attached hydrogens (tertiary/aromatic N) is 1. The van der Waals surface area contributed by atoms with Gasteiger partial charge in [-0.05, 0) is 54.8 Å². The van der Waals surface area contributed by atoms with E-state index in [1.54, 1.807) is 11.8 Å². The highest BCUT2D eigenvalue weighted by Gasteiger charge is 2.33. The van der Waals surface area contributed by atoms with Gasteiger partial charge in [-0.2, -0.15) is 0 Å². The lowest BCUT2D eigenvalue weighted by atomic mass is 9.89. The molecule has 2 aromatic carbocycles. The van der Waals surface area contributed by atoms with Crippen molar-refractivity contribution in [3.8, 4) is 11.1 Å². The Balaban J connectivity index is 0.00000280. The number of hydrogen-bond donors (Lipinski definition) is 3. The van der Waals surface area contributed by atoms with Gasteiger partial charge in [-0.1, -0.05) is 30.3 Å². The summed E-state index contributed by atoms with van der Waals surface area (Å²) in [6, 6.07) is 13.7. The maximum absolute atomic E-state index is 12.1. The third kappa shape index (κ3) is 4.46. The third-order valence-electron chi connectivity index (χ3n) is 4.99. The minimum atomic E-state index is -1.06. The fraction of sp³-hybridized carbons (Fsp3) is 0.333. The van der Waals surface area contributed by atoms with Crippen LogP contribution in [0.2, 0.25) is 0 Å². The Hall–Kier alpha value is -2.57. The van der Waals surface area contributed by atoms with E-state index in [0.717, 1.165) is 28.9 Å². The first kappa shape index (κ1) is 21.7. The van der Waals surface area contributed by atoms with Crippen molar-refractivity contribution >= 4 is 30.1 Å². The Morgan fingerprint density at radius 1 is 1.14 bits per heavy atom. The zero-order valence-corrected chi connectivity index (χ0v) is 17.0. The van der Waals surface area contributed by atoms with Crippen molar-refractivity contribution in [3.63, 3.8) is 0 Å². The maximum atomic E-state index is 12.1. The van der Waals surface area contributed by atoms with Gasteiger partial charge in [0.15, 0.2) is 0 Å². The van der Waals surface area contributed by atoms with Crippen LogP contribution in [0.1, 0.15) is 37.4 Å². The van der Waals surface area contributed by atoms with Crippen LogP contribution in [0, 0.1) is 0 Å². The van der Waals surface area contributed by atoms with Crippen LogP contribution in [0.3, 0.4) is 0 Å². The molecule has 0 spiro atoms. The van der Waals surface area contributed by atoms with Crippen LogP contribution in [0.25, 0.3) is 11.1 Å². The van der Waals surface area contributed by atoms with Crippen LogP contribution in [-0.2, 0) is 11.3 Å². The lowest BCUT2D eigenvalue weighted by Crippen LogP contribution is -2.45. The van der Waals surface area contributed by atoms with Crippen molar-refractivity contribution in [1.29, 1.82) is 0 Å². The SMILES string of the molecule is CNCc1ccc(-c2ccc3c(c2)C(NC(=O)O)CC(C)N3C(C)=O)cc1.Cl. The van der Waals surface area contributed by atoms with E-state index in [1.807, 2.05) is 32.2 Å². The van der Waals surface area contributed by atoms with E-state index in [1.165, 1.54) is 5.56 Å². The van der Waals surface area contributed by atoms with Gasteiger partial charge in [0.25, 0.3) is 0 Å². The standard InChI is InChI=1S/C21H25N3O3.ClH/c1-13-10-19(23-21(26)27)18-11-17(8-9-20(18)24(13)14(2)25)16-6-4-15(5-7-16)12-22-3;/h4-9,11,13,19,22-23H,10,12H2,1-3H3,(H,26,27);1H. The summed E-state index contributed by atoms with van der Waals surface area (Å²) < 4.78 is 0. The first-order chi connectivity index (χ1) is 12.9. The average molecular weight is 404 g/mol. The Bertz CT molecular complexity index is 854. The summed E-state index contributed by atoms with van der Waals surface area (Å²) >= 11 is 0. The first-order valence-electron chi connectivity index (χ1n) is 9.07. The quantitative estimate of drug-likeness (QED) is 0.722. The molecular formula is C21H26ClN3O3. The van der Waals surface area contributed by atoms with Crippen LogP contribution >= 0.6 is 12.4 Å². The van der Waals surface area contributed by atoms with Gasteiger partial charge in [0.2, 0.25) is 5.91 Å². The number of carboxylic acid groups (broad SMARTS) is 1. The summed E-state index contributed by atoms with van der Waals surface area (Å²) in [5.74, 6) is -0.0401. The Kier molecular flexibility index (Phi) is 7.05. The van der Waals surface area contributed by atoms with E-state index in [2.05, 4.69) is 34.9 Å². The second-order valence-electron chi connectivity index (χ2n) is 6.98. The molecule has 0 saturated heterocycles. The predicted molar refractivity (Wildman–Crippen MR) is 113 cm³/mol. The summed E-state index contributed by atoms with van der Waals surface area (Å²) in [5.41, 5.74) is 4.86. The monoisotopic (exact) mass is 403 g/mol. The topological polar surface area (TPSA) is 81.7 Å². The molecule has 0 bridgehead atoms. The van der Waals surface area contributed by atoms with Gasteiger partial charge < -0.3 is 20.6 Å². The summed E-state index contributed by atoms with van der Waals surface area (Å²) in [5, 5.41) is 15.0. The van der Waals surface area contributed by atoms with E-state index in [4.69, 9.17) is 0 Å². The number of rotatable bonds is 4. The van der Waals surface area contributed by atoms with Crippen LogP contribution in [0.15, 0.2) is 42.5 Å². The number of carbonyl (C=O) groups excluding carboxylic acids is 1. The van der Waals surface area contributed by atoms with Gasteiger partial charge in [-0.25, -0.2) is 4.79 Å². The molecule has 2 amide bonds. The molecular weight excluding hydrogens is 378 g/mol. The molecule has 0 aliphatic carbocycles. The van der Waals surface area contributed by atoms with Gasteiger partial charge in [0.05, 0.1) is 6.04 Å². The van der Waals surface area contributed by atoms with Crippen molar-refractivity contribution in [2.24, 2.45) is 0 Å². The molecule has 2 aromatic rings. The minimum Gasteiger partial charge on any atom is -0.465 e. The van der Waals surface area contributed by atoms with E-state index in [0.29, 0.717) is 6.42 Å². The number of benzene rings is 2. The van der Waals surface area contributed by atoms with Gasteiger partial charge in [0, 0.05) is 25.2 Å². The predicted octanol–water partition coefficient (Wildman–Crippen LogP) is 3.95. The number of fused-ring (bicyclic) bond motifs is 1.